The Labute approximate surface area is 191 Å². The van der Waals surface area contributed by atoms with Crippen molar-refractivity contribution in [2.75, 3.05) is 31.6 Å². The van der Waals surface area contributed by atoms with Crippen molar-refractivity contribution >= 4 is 43.5 Å². The first-order chi connectivity index (χ1) is 15.9. The lowest BCUT2D eigenvalue weighted by Gasteiger charge is -2.26. The number of nitrogens with one attached hydrogen (secondary N) is 2. The van der Waals surface area contributed by atoms with E-state index in [0.717, 1.165) is 5.56 Å². The number of nitrogens with zero attached hydrogens (tertiary/aromatic N) is 2. The van der Waals surface area contributed by atoms with Crippen molar-refractivity contribution in [3.05, 3.63) is 64.0 Å². The second-order valence-electron chi connectivity index (χ2n) is 7.26. The molecule has 3 heterocycles. The van der Waals surface area contributed by atoms with Gasteiger partial charge in [-0.2, -0.15) is 4.31 Å². The maximum atomic E-state index is 12.7. The van der Waals surface area contributed by atoms with Gasteiger partial charge in [-0.05, 0) is 42.5 Å². The van der Waals surface area contributed by atoms with Crippen LogP contribution in [0.3, 0.4) is 0 Å². The molecule has 0 bridgehead atoms. The molecule has 1 amide bonds. The van der Waals surface area contributed by atoms with Crippen LogP contribution in [0.5, 0.6) is 0 Å². The number of H-pyrrole nitrogens is 1. The molecule has 1 aliphatic heterocycles. The van der Waals surface area contributed by atoms with Crippen LogP contribution >= 0.6 is 11.3 Å². The largest absolute Gasteiger partial charge is 0.417 e. The highest BCUT2D eigenvalue weighted by Crippen LogP contribution is 2.27. The number of amides is 1. The van der Waals surface area contributed by atoms with E-state index in [1.807, 2.05) is 0 Å². The van der Waals surface area contributed by atoms with Gasteiger partial charge < -0.3 is 9.15 Å². The molecule has 0 radical (unpaired) electrons. The molecule has 0 unspecified atom stereocenters. The quantitative estimate of drug-likeness (QED) is 0.443. The zero-order valence-corrected chi connectivity index (χ0v) is 18.7. The van der Waals surface area contributed by atoms with Crippen molar-refractivity contribution in [3.63, 3.8) is 0 Å². The van der Waals surface area contributed by atoms with Gasteiger partial charge in [0.1, 0.15) is 0 Å². The summed E-state index contributed by atoms with van der Waals surface area (Å²) in [6.45, 7) is 1.34. The zero-order valence-electron chi connectivity index (χ0n) is 17.1. The number of fused-ring (bicyclic) bond motifs is 1. The van der Waals surface area contributed by atoms with Crippen LogP contribution in [0, 0.1) is 0 Å². The molecule has 12 heteroatoms. The lowest BCUT2D eigenvalue weighted by atomic mass is 10.1. The number of anilines is 1. The lowest BCUT2D eigenvalue weighted by Crippen LogP contribution is -2.40. The highest BCUT2D eigenvalue weighted by molar-refractivity contribution is 7.89. The number of hydrogen-bond acceptors (Lipinski definition) is 8. The first-order valence-electron chi connectivity index (χ1n) is 9.98. The molecule has 4 aromatic rings. The molecule has 0 spiro atoms. The molecule has 1 aliphatic rings. The molecule has 1 saturated heterocycles. The van der Waals surface area contributed by atoms with Gasteiger partial charge in [-0.3, -0.25) is 15.1 Å². The first kappa shape index (κ1) is 21.5. The van der Waals surface area contributed by atoms with Crippen molar-refractivity contribution in [2.45, 2.75) is 4.90 Å². The SMILES string of the molecule is O=C(Nc1nc(-c2ccc3oc(=O)[nH]c3c2)cs1)c1ccc(S(=O)(=O)N2CCOCC2)cc1. The number of thiazole rings is 1. The summed E-state index contributed by atoms with van der Waals surface area (Å²) < 4.78 is 37.0. The number of morpholine rings is 1. The van der Waals surface area contributed by atoms with E-state index in [0.29, 0.717) is 53.8 Å². The normalized spacial score (nSPS) is 15.0. The fourth-order valence-corrected chi connectivity index (χ4v) is 5.58. The number of sulfonamides is 1. The molecule has 0 saturated carbocycles. The van der Waals surface area contributed by atoms with E-state index < -0.39 is 21.7 Å². The van der Waals surface area contributed by atoms with Crippen LogP contribution in [-0.2, 0) is 14.8 Å². The maximum absolute atomic E-state index is 12.7. The Bertz CT molecular complexity index is 1480. The summed E-state index contributed by atoms with van der Waals surface area (Å²) >= 11 is 1.25. The number of oxazole rings is 1. The molecule has 10 nitrogen and oxygen atoms in total. The average Bonchev–Trinajstić information content (AvgIpc) is 3.44. The highest BCUT2D eigenvalue weighted by atomic mass is 32.2. The minimum atomic E-state index is -3.62. The number of aromatic nitrogens is 2. The van der Waals surface area contributed by atoms with Gasteiger partial charge in [0.05, 0.1) is 29.3 Å². The highest BCUT2D eigenvalue weighted by Gasteiger charge is 2.26. The Hall–Kier alpha value is -3.32. The van der Waals surface area contributed by atoms with Crippen LogP contribution in [0.25, 0.3) is 22.4 Å². The fourth-order valence-electron chi connectivity index (χ4n) is 3.46. The molecule has 5 rings (SSSR count). The summed E-state index contributed by atoms with van der Waals surface area (Å²) in [4.78, 5) is 31.1. The topological polar surface area (TPSA) is 135 Å². The smallest absolute Gasteiger partial charge is 0.408 e. The van der Waals surface area contributed by atoms with E-state index in [-0.39, 0.29) is 4.90 Å². The number of rotatable bonds is 5. The Kier molecular flexibility index (Phi) is 5.58. The number of benzene rings is 2. The molecule has 170 valence electrons. The third-order valence-corrected chi connectivity index (χ3v) is 7.83. The van der Waals surface area contributed by atoms with Gasteiger partial charge in [-0.1, -0.05) is 0 Å². The maximum Gasteiger partial charge on any atom is 0.417 e. The molecular formula is C21H18N4O6S2. The van der Waals surface area contributed by atoms with E-state index in [4.69, 9.17) is 9.15 Å². The van der Waals surface area contributed by atoms with Crippen LogP contribution in [0.2, 0.25) is 0 Å². The zero-order chi connectivity index (χ0) is 23.0. The van der Waals surface area contributed by atoms with E-state index in [9.17, 15) is 18.0 Å². The van der Waals surface area contributed by atoms with Gasteiger partial charge in [-0.25, -0.2) is 18.2 Å². The fraction of sp³-hybridized carbons (Fsp3) is 0.190. The van der Waals surface area contributed by atoms with Crippen molar-refractivity contribution in [1.82, 2.24) is 14.3 Å². The van der Waals surface area contributed by atoms with Crippen LogP contribution in [0.1, 0.15) is 10.4 Å². The summed E-state index contributed by atoms with van der Waals surface area (Å²) in [6, 6.07) is 11.0. The molecule has 0 aliphatic carbocycles. The number of hydrogen-bond donors (Lipinski definition) is 2. The summed E-state index contributed by atoms with van der Waals surface area (Å²) in [6.07, 6.45) is 0. The second-order valence-corrected chi connectivity index (χ2v) is 10.1. The summed E-state index contributed by atoms with van der Waals surface area (Å²) in [7, 11) is -3.62. The Morgan fingerprint density at radius 3 is 2.64 bits per heavy atom. The number of carbonyl (C=O) groups is 1. The molecule has 1 fully saturated rings. The van der Waals surface area contributed by atoms with Gasteiger partial charge >= 0.3 is 5.76 Å². The van der Waals surface area contributed by atoms with Crippen LogP contribution in [-0.4, -0.2) is 54.9 Å². The van der Waals surface area contributed by atoms with E-state index in [1.54, 1.807) is 23.6 Å². The predicted molar refractivity (Wildman–Crippen MR) is 122 cm³/mol. The molecule has 2 aromatic carbocycles. The lowest BCUT2D eigenvalue weighted by molar-refractivity contribution is 0.0730. The molecule has 0 atom stereocenters. The Balaban J connectivity index is 1.29. The third-order valence-electron chi connectivity index (χ3n) is 5.16. The first-order valence-corrected chi connectivity index (χ1v) is 12.3. The summed E-state index contributed by atoms with van der Waals surface area (Å²) in [5.74, 6) is -0.932. The monoisotopic (exact) mass is 486 g/mol. The van der Waals surface area contributed by atoms with Crippen LogP contribution in [0.4, 0.5) is 5.13 Å². The predicted octanol–water partition coefficient (Wildman–Crippen LogP) is 2.52. The van der Waals surface area contributed by atoms with Crippen molar-refractivity contribution in [1.29, 1.82) is 0 Å². The Morgan fingerprint density at radius 1 is 1.12 bits per heavy atom. The standard InChI is InChI=1S/C21H18N4O6S2/c26-19(13-1-4-15(5-2-13)33(28,29)25-7-9-30-10-8-25)24-20-22-17(12-32-20)14-3-6-18-16(11-14)23-21(27)31-18/h1-6,11-12H,7-10H2,(H,23,27)(H,22,24,26). The molecule has 33 heavy (non-hydrogen) atoms. The van der Waals surface area contributed by atoms with Crippen molar-refractivity contribution < 1.29 is 22.4 Å². The van der Waals surface area contributed by atoms with E-state index in [1.165, 1.54) is 39.9 Å². The second kappa shape index (κ2) is 8.56. The number of carbonyl (C=O) groups excluding carboxylic acids is 1. The molecular weight excluding hydrogens is 468 g/mol. The summed E-state index contributed by atoms with van der Waals surface area (Å²) in [5.41, 5.74) is 2.71. The van der Waals surface area contributed by atoms with Crippen LogP contribution in [0.15, 0.2) is 62.0 Å². The van der Waals surface area contributed by atoms with Crippen molar-refractivity contribution in [3.8, 4) is 11.3 Å². The summed E-state index contributed by atoms with van der Waals surface area (Å²) in [5, 5.41) is 4.90. The molecule has 2 aromatic heterocycles. The van der Waals surface area contributed by atoms with Crippen LogP contribution < -0.4 is 11.1 Å². The molecule has 2 N–H and O–H groups in total. The van der Waals surface area contributed by atoms with Crippen molar-refractivity contribution in [2.24, 2.45) is 0 Å². The van der Waals surface area contributed by atoms with E-state index in [2.05, 4.69) is 15.3 Å². The van der Waals surface area contributed by atoms with Gasteiger partial charge in [0.25, 0.3) is 5.91 Å². The van der Waals surface area contributed by atoms with Gasteiger partial charge in [-0.15, -0.1) is 11.3 Å². The van der Waals surface area contributed by atoms with Gasteiger partial charge in [0.15, 0.2) is 10.7 Å². The van der Waals surface area contributed by atoms with Gasteiger partial charge in [0.2, 0.25) is 10.0 Å². The minimum Gasteiger partial charge on any atom is -0.408 e. The number of aromatic amines is 1. The van der Waals surface area contributed by atoms with E-state index >= 15 is 0 Å². The van der Waals surface area contributed by atoms with Gasteiger partial charge in [0, 0.05) is 29.6 Å². The minimum absolute atomic E-state index is 0.130. The average molecular weight is 487 g/mol. The Morgan fingerprint density at radius 2 is 1.88 bits per heavy atom. The third kappa shape index (κ3) is 4.33. The number of ether oxygens (including phenoxy) is 1.